The van der Waals surface area contributed by atoms with Gasteiger partial charge in [0.2, 0.25) is 5.91 Å². The van der Waals surface area contributed by atoms with Crippen molar-refractivity contribution in [1.82, 2.24) is 9.88 Å². The molecule has 162 valence electrons. The predicted molar refractivity (Wildman–Crippen MR) is 124 cm³/mol. The van der Waals surface area contributed by atoms with Crippen LogP contribution in [0.1, 0.15) is 29.5 Å². The first-order valence-corrected chi connectivity index (χ1v) is 10.8. The van der Waals surface area contributed by atoms with Gasteiger partial charge in [-0.1, -0.05) is 36.4 Å². The van der Waals surface area contributed by atoms with Gasteiger partial charge in [-0.05, 0) is 49.1 Å². The highest BCUT2D eigenvalue weighted by molar-refractivity contribution is 5.96. The van der Waals surface area contributed by atoms with E-state index in [2.05, 4.69) is 52.5 Å². The number of rotatable bonds is 7. The molecule has 1 unspecified atom stereocenters. The molecule has 2 heterocycles. The molecule has 1 aliphatic heterocycles. The van der Waals surface area contributed by atoms with E-state index >= 15 is 0 Å². The zero-order chi connectivity index (χ0) is 21.8. The number of aromatic nitrogens is 1. The summed E-state index contributed by atoms with van der Waals surface area (Å²) in [7, 11) is 1.67. The number of nitrogens with zero attached hydrogens (tertiary/aromatic N) is 2. The first-order valence-electron chi connectivity index (χ1n) is 10.8. The summed E-state index contributed by atoms with van der Waals surface area (Å²) in [4.78, 5) is 18.5. The number of methoxy groups -OCH3 is 1. The molecular weight excluding hydrogens is 388 g/mol. The Balaban J connectivity index is 1.48. The number of hydrogen-bond acceptors (Lipinski definition) is 5. The minimum absolute atomic E-state index is 0.0291. The molecule has 3 aromatic rings. The van der Waals surface area contributed by atoms with Crippen LogP contribution in [0.15, 0.2) is 48.7 Å². The van der Waals surface area contributed by atoms with E-state index in [1.807, 2.05) is 18.3 Å². The number of para-hydroxylation sites is 1. The van der Waals surface area contributed by atoms with E-state index in [0.717, 1.165) is 66.9 Å². The Morgan fingerprint density at radius 2 is 2.06 bits per heavy atom. The van der Waals surface area contributed by atoms with E-state index in [1.54, 1.807) is 7.11 Å². The van der Waals surface area contributed by atoms with Crippen molar-refractivity contribution in [2.24, 2.45) is 11.7 Å². The van der Waals surface area contributed by atoms with Gasteiger partial charge in [0, 0.05) is 36.9 Å². The van der Waals surface area contributed by atoms with Crippen LogP contribution < -0.4 is 15.8 Å². The SMILES string of the molecule is COc1cccc2c(NCc3cccc(CN4CCCC(C(N)=O)C4)c3)c(C)cnc12. The summed E-state index contributed by atoms with van der Waals surface area (Å²) in [6.07, 6.45) is 3.81. The van der Waals surface area contributed by atoms with E-state index < -0.39 is 0 Å². The number of carbonyl (C=O) groups excluding carboxylic acids is 1. The summed E-state index contributed by atoms with van der Waals surface area (Å²) >= 11 is 0. The van der Waals surface area contributed by atoms with Gasteiger partial charge < -0.3 is 15.8 Å². The van der Waals surface area contributed by atoms with Crippen LogP contribution >= 0.6 is 0 Å². The first-order chi connectivity index (χ1) is 15.0. The molecule has 1 aromatic heterocycles. The third kappa shape index (κ3) is 4.80. The molecule has 1 saturated heterocycles. The van der Waals surface area contributed by atoms with Gasteiger partial charge in [0.1, 0.15) is 11.3 Å². The van der Waals surface area contributed by atoms with Crippen LogP contribution in [0.4, 0.5) is 5.69 Å². The van der Waals surface area contributed by atoms with Crippen LogP contribution in [0, 0.1) is 12.8 Å². The number of fused-ring (bicyclic) bond motifs is 1. The zero-order valence-corrected chi connectivity index (χ0v) is 18.2. The largest absolute Gasteiger partial charge is 0.494 e. The lowest BCUT2D eigenvalue weighted by atomic mass is 9.97. The van der Waals surface area contributed by atoms with Crippen molar-refractivity contribution in [3.8, 4) is 5.75 Å². The predicted octanol–water partition coefficient (Wildman–Crippen LogP) is 3.86. The monoisotopic (exact) mass is 418 g/mol. The number of carbonyl (C=O) groups is 1. The Bertz CT molecular complexity index is 1080. The number of likely N-dealkylation sites (tertiary alicyclic amines) is 1. The summed E-state index contributed by atoms with van der Waals surface area (Å²) in [5.41, 5.74) is 11.0. The van der Waals surface area contributed by atoms with Gasteiger partial charge in [0.25, 0.3) is 0 Å². The molecule has 3 N–H and O–H groups in total. The van der Waals surface area contributed by atoms with Gasteiger partial charge in [0.15, 0.2) is 0 Å². The second-order valence-corrected chi connectivity index (χ2v) is 8.32. The fourth-order valence-corrected chi connectivity index (χ4v) is 4.41. The van der Waals surface area contributed by atoms with Crippen LogP contribution in [0.5, 0.6) is 5.75 Å². The maximum Gasteiger partial charge on any atom is 0.221 e. The number of piperidine rings is 1. The van der Waals surface area contributed by atoms with Gasteiger partial charge in [-0.15, -0.1) is 0 Å². The highest BCUT2D eigenvalue weighted by Crippen LogP contribution is 2.31. The molecule has 31 heavy (non-hydrogen) atoms. The molecule has 0 aliphatic carbocycles. The van der Waals surface area contributed by atoms with Gasteiger partial charge in [-0.2, -0.15) is 0 Å². The van der Waals surface area contributed by atoms with Crippen LogP contribution in [-0.2, 0) is 17.9 Å². The van der Waals surface area contributed by atoms with Gasteiger partial charge in [-0.25, -0.2) is 0 Å². The average molecular weight is 419 g/mol. The van der Waals surface area contributed by atoms with Crippen molar-refractivity contribution in [2.45, 2.75) is 32.9 Å². The molecule has 1 atom stereocenters. The molecule has 4 rings (SSSR count). The van der Waals surface area contributed by atoms with E-state index in [1.165, 1.54) is 11.1 Å². The summed E-state index contributed by atoms with van der Waals surface area (Å²) < 4.78 is 5.47. The number of primary amides is 1. The molecule has 0 bridgehead atoms. The fourth-order valence-electron chi connectivity index (χ4n) is 4.41. The fraction of sp³-hybridized carbons (Fsp3) is 0.360. The number of hydrogen-bond donors (Lipinski definition) is 2. The smallest absolute Gasteiger partial charge is 0.221 e. The van der Waals surface area contributed by atoms with E-state index in [4.69, 9.17) is 10.5 Å². The summed E-state index contributed by atoms with van der Waals surface area (Å²) in [6.45, 7) is 5.38. The van der Waals surface area contributed by atoms with Crippen LogP contribution in [0.3, 0.4) is 0 Å². The highest BCUT2D eigenvalue weighted by atomic mass is 16.5. The molecule has 0 saturated carbocycles. The maximum atomic E-state index is 11.6. The molecule has 1 aliphatic rings. The summed E-state index contributed by atoms with van der Waals surface area (Å²) in [6, 6.07) is 14.6. The molecular formula is C25H30N4O2. The quantitative estimate of drug-likeness (QED) is 0.609. The van der Waals surface area contributed by atoms with E-state index in [9.17, 15) is 4.79 Å². The molecule has 6 heteroatoms. The minimum Gasteiger partial charge on any atom is -0.494 e. The Labute approximate surface area is 183 Å². The number of nitrogens with one attached hydrogen (secondary N) is 1. The number of ether oxygens (including phenoxy) is 1. The van der Waals surface area contributed by atoms with Crippen LogP contribution in [0.25, 0.3) is 10.9 Å². The van der Waals surface area contributed by atoms with Crippen molar-refractivity contribution in [3.05, 3.63) is 65.4 Å². The lowest BCUT2D eigenvalue weighted by Gasteiger charge is -2.31. The summed E-state index contributed by atoms with van der Waals surface area (Å²) in [5.74, 6) is 0.566. The van der Waals surface area contributed by atoms with E-state index in [-0.39, 0.29) is 11.8 Å². The van der Waals surface area contributed by atoms with Gasteiger partial charge in [-0.3, -0.25) is 14.7 Å². The normalized spacial score (nSPS) is 16.9. The Morgan fingerprint density at radius 1 is 1.26 bits per heavy atom. The molecule has 6 nitrogen and oxygen atoms in total. The Morgan fingerprint density at radius 3 is 2.87 bits per heavy atom. The van der Waals surface area contributed by atoms with Crippen LogP contribution in [0.2, 0.25) is 0 Å². The molecule has 1 fully saturated rings. The number of aryl methyl sites for hydroxylation is 1. The standard InChI is InChI=1S/C25H30N4O2/c1-17-13-27-24-21(9-4-10-22(24)31-2)23(17)28-14-18-6-3-7-19(12-18)15-29-11-5-8-20(16-29)25(26)30/h3-4,6-7,9-10,12-13,20H,5,8,11,14-16H2,1-2H3,(H2,26,30)(H,27,28). The summed E-state index contributed by atoms with van der Waals surface area (Å²) in [5, 5.41) is 4.66. The Kier molecular flexibility index (Phi) is 6.37. The van der Waals surface area contributed by atoms with Gasteiger partial charge in [0.05, 0.1) is 13.0 Å². The van der Waals surface area contributed by atoms with Crippen molar-refractivity contribution < 1.29 is 9.53 Å². The number of benzene rings is 2. The average Bonchev–Trinajstić information content (AvgIpc) is 2.78. The number of amides is 1. The molecule has 0 radical (unpaired) electrons. The third-order valence-corrected chi connectivity index (χ3v) is 6.04. The second-order valence-electron chi connectivity index (χ2n) is 8.32. The molecule has 2 aromatic carbocycles. The Hall–Kier alpha value is -3.12. The highest BCUT2D eigenvalue weighted by Gasteiger charge is 2.23. The minimum atomic E-state index is -0.181. The number of anilines is 1. The lowest BCUT2D eigenvalue weighted by molar-refractivity contribution is -0.123. The second kappa shape index (κ2) is 9.35. The lowest BCUT2D eigenvalue weighted by Crippen LogP contribution is -2.40. The van der Waals surface area contributed by atoms with Gasteiger partial charge >= 0.3 is 0 Å². The van der Waals surface area contributed by atoms with Crippen molar-refractivity contribution in [2.75, 3.05) is 25.5 Å². The topological polar surface area (TPSA) is 80.5 Å². The van der Waals surface area contributed by atoms with Crippen molar-refractivity contribution >= 4 is 22.5 Å². The van der Waals surface area contributed by atoms with Crippen molar-refractivity contribution in [1.29, 1.82) is 0 Å². The number of nitrogens with two attached hydrogens (primary N) is 1. The van der Waals surface area contributed by atoms with E-state index in [0.29, 0.717) is 0 Å². The zero-order valence-electron chi connectivity index (χ0n) is 18.2. The van der Waals surface area contributed by atoms with Crippen LogP contribution in [-0.4, -0.2) is 36.0 Å². The maximum absolute atomic E-state index is 11.6. The third-order valence-electron chi connectivity index (χ3n) is 6.04. The number of pyridine rings is 1. The van der Waals surface area contributed by atoms with Crippen molar-refractivity contribution in [3.63, 3.8) is 0 Å². The molecule has 0 spiro atoms. The molecule has 1 amide bonds. The first kappa shape index (κ1) is 21.1.